The van der Waals surface area contributed by atoms with Crippen LogP contribution in [0.3, 0.4) is 0 Å². The molecule has 3 saturated heterocycles. The van der Waals surface area contributed by atoms with E-state index < -0.39 is 47.4 Å². The molecule has 3 aliphatic heterocycles. The number of alkyl halides is 3. The lowest BCUT2D eigenvalue weighted by molar-refractivity contribution is -0.137. The molecule has 3 atom stereocenters. The Balaban J connectivity index is 1.31. The number of nitriles is 1. The molecule has 3 unspecified atom stereocenters. The number of urea groups is 1. The maximum Gasteiger partial charge on any atom is 0.417 e. The van der Waals surface area contributed by atoms with Crippen molar-refractivity contribution in [1.29, 1.82) is 5.26 Å². The van der Waals surface area contributed by atoms with Gasteiger partial charge in [-0.25, -0.2) is 9.69 Å². The largest absolute Gasteiger partial charge is 0.417 e. The molecule has 9 nitrogen and oxygen atoms in total. The van der Waals surface area contributed by atoms with Crippen LogP contribution in [0.1, 0.15) is 60.1 Å². The van der Waals surface area contributed by atoms with Crippen LogP contribution in [0.4, 0.5) is 23.7 Å². The number of hydrogen-bond acceptors (Lipinski definition) is 5. The minimum absolute atomic E-state index is 0.190. The maximum absolute atomic E-state index is 14.0. The minimum Gasteiger partial charge on any atom is -0.330 e. The van der Waals surface area contributed by atoms with Gasteiger partial charge in [0.05, 0.1) is 47.2 Å². The monoisotopic (exact) mass is 576 g/mol. The first-order valence-corrected chi connectivity index (χ1v) is 13.5. The topological polar surface area (TPSA) is 103 Å². The fourth-order valence-corrected chi connectivity index (χ4v) is 6.11. The van der Waals surface area contributed by atoms with Gasteiger partial charge >= 0.3 is 12.2 Å². The SMILES string of the molecule is CC(C)(C)c1cc(C(=O)N2CC3CC2C2C(=O)N(c4ccc(C#N)c(C(F)(F)F)c4)C(=O)N32)n(Cc2ccccc2)n1. The van der Waals surface area contributed by atoms with E-state index in [2.05, 4.69) is 0 Å². The number of likely N-dealkylation sites (tertiary alicyclic amines) is 1. The van der Waals surface area contributed by atoms with Gasteiger partial charge in [-0.05, 0) is 36.2 Å². The number of carbonyl (C=O) groups excluding carboxylic acids is 3. The number of nitrogens with zero attached hydrogens (tertiary/aromatic N) is 6. The van der Waals surface area contributed by atoms with Crippen LogP contribution in [-0.4, -0.2) is 62.1 Å². The number of imide groups is 1. The number of hydrogen-bond donors (Lipinski definition) is 0. The highest BCUT2D eigenvalue weighted by Gasteiger charge is 2.63. The zero-order valence-corrected chi connectivity index (χ0v) is 23.1. The van der Waals surface area contributed by atoms with E-state index in [0.29, 0.717) is 24.7 Å². The molecule has 3 aliphatic rings. The zero-order chi connectivity index (χ0) is 30.1. The quantitative estimate of drug-likeness (QED) is 0.424. The number of halogens is 3. The molecule has 216 valence electrons. The van der Waals surface area contributed by atoms with Crippen LogP contribution in [0.15, 0.2) is 54.6 Å². The number of rotatable bonds is 4. The molecule has 6 rings (SSSR count). The predicted octanol–water partition coefficient (Wildman–Crippen LogP) is 4.55. The number of carbonyl (C=O) groups is 3. The summed E-state index contributed by atoms with van der Waals surface area (Å²) >= 11 is 0. The standard InChI is InChI=1S/C30H27F3N6O3/c1-29(2,3)24-13-23(37(35-24)15-17-7-5-4-6-8-17)26(40)36-16-20-12-22(36)25-27(41)39(28(42)38(20)25)19-10-9-18(14-34)21(11-19)30(31,32)33/h4-11,13,20,22,25H,12,15-16H2,1-3H3. The van der Waals surface area contributed by atoms with E-state index in [-0.39, 0.29) is 23.6 Å². The molecule has 0 radical (unpaired) electrons. The molecule has 12 heteroatoms. The van der Waals surface area contributed by atoms with Gasteiger partial charge in [-0.15, -0.1) is 0 Å². The minimum atomic E-state index is -4.85. The molecule has 0 saturated carbocycles. The van der Waals surface area contributed by atoms with Crippen molar-refractivity contribution in [3.05, 3.63) is 82.7 Å². The number of aromatic nitrogens is 2. The van der Waals surface area contributed by atoms with E-state index in [1.807, 2.05) is 51.1 Å². The van der Waals surface area contributed by atoms with Crippen molar-refractivity contribution in [3.63, 3.8) is 0 Å². The van der Waals surface area contributed by atoms with Crippen LogP contribution >= 0.6 is 0 Å². The summed E-state index contributed by atoms with van der Waals surface area (Å²) in [7, 11) is 0. The molecule has 0 aliphatic carbocycles. The van der Waals surface area contributed by atoms with Gasteiger partial charge in [-0.1, -0.05) is 51.1 Å². The lowest BCUT2D eigenvalue weighted by Crippen LogP contribution is -2.55. The Labute approximate surface area is 239 Å². The Bertz CT molecular complexity index is 1650. The molecular formula is C30H27F3N6O3. The van der Waals surface area contributed by atoms with Gasteiger partial charge in [0.1, 0.15) is 11.7 Å². The van der Waals surface area contributed by atoms with Crippen molar-refractivity contribution < 1.29 is 27.6 Å². The van der Waals surface area contributed by atoms with Gasteiger partial charge in [0.25, 0.3) is 11.8 Å². The summed E-state index contributed by atoms with van der Waals surface area (Å²) in [6.45, 7) is 6.54. The number of benzene rings is 2. The third-order valence-electron chi connectivity index (χ3n) is 8.16. The van der Waals surface area contributed by atoms with Gasteiger partial charge in [0, 0.05) is 12.0 Å². The van der Waals surface area contributed by atoms with Crippen LogP contribution in [0.5, 0.6) is 0 Å². The molecule has 4 amide bonds. The van der Waals surface area contributed by atoms with E-state index in [0.717, 1.165) is 28.3 Å². The summed E-state index contributed by atoms with van der Waals surface area (Å²) in [6, 6.07) is 12.8. The van der Waals surface area contributed by atoms with Crippen LogP contribution < -0.4 is 4.90 Å². The summed E-state index contributed by atoms with van der Waals surface area (Å²) in [4.78, 5) is 44.7. The van der Waals surface area contributed by atoms with Crippen LogP contribution in [-0.2, 0) is 22.9 Å². The number of amides is 4. The van der Waals surface area contributed by atoms with Gasteiger partial charge in [-0.3, -0.25) is 14.3 Å². The highest BCUT2D eigenvalue weighted by Crippen LogP contribution is 2.44. The predicted molar refractivity (Wildman–Crippen MR) is 144 cm³/mol. The third-order valence-corrected chi connectivity index (χ3v) is 8.16. The first kappa shape index (κ1) is 27.5. The molecule has 2 bridgehead atoms. The van der Waals surface area contributed by atoms with E-state index in [1.54, 1.807) is 15.6 Å². The van der Waals surface area contributed by atoms with Gasteiger partial charge in [-0.2, -0.15) is 23.5 Å². The van der Waals surface area contributed by atoms with Crippen molar-refractivity contribution in [2.75, 3.05) is 11.4 Å². The van der Waals surface area contributed by atoms with E-state index in [1.165, 1.54) is 11.0 Å². The van der Waals surface area contributed by atoms with Crippen molar-refractivity contribution in [1.82, 2.24) is 19.6 Å². The Kier molecular flexibility index (Phi) is 6.18. The van der Waals surface area contributed by atoms with Crippen molar-refractivity contribution >= 4 is 23.5 Å². The van der Waals surface area contributed by atoms with E-state index in [9.17, 15) is 27.6 Å². The molecular weight excluding hydrogens is 549 g/mol. The van der Waals surface area contributed by atoms with Gasteiger partial charge in [0.15, 0.2) is 0 Å². The highest BCUT2D eigenvalue weighted by atomic mass is 19.4. The molecule has 1 aromatic heterocycles. The first-order valence-electron chi connectivity index (χ1n) is 13.5. The first-order chi connectivity index (χ1) is 19.8. The van der Waals surface area contributed by atoms with E-state index >= 15 is 0 Å². The summed E-state index contributed by atoms with van der Waals surface area (Å²) in [5.74, 6) is -1.02. The summed E-state index contributed by atoms with van der Waals surface area (Å²) in [6.07, 6.45) is -4.46. The molecule has 0 N–H and O–H groups in total. The second-order valence-electron chi connectivity index (χ2n) is 11.9. The van der Waals surface area contributed by atoms with Crippen LogP contribution in [0.25, 0.3) is 0 Å². The molecule has 4 heterocycles. The Morgan fingerprint density at radius 2 is 1.79 bits per heavy atom. The molecule has 2 aromatic carbocycles. The Morgan fingerprint density at radius 3 is 2.43 bits per heavy atom. The van der Waals surface area contributed by atoms with Gasteiger partial charge in [0.2, 0.25) is 0 Å². The number of anilines is 1. The highest BCUT2D eigenvalue weighted by molar-refractivity contribution is 6.22. The second kappa shape index (κ2) is 9.44. The molecule has 0 spiro atoms. The number of piperazine rings is 1. The van der Waals surface area contributed by atoms with Crippen molar-refractivity contribution in [3.8, 4) is 6.07 Å². The third kappa shape index (κ3) is 4.31. The molecule has 3 aromatic rings. The van der Waals surface area contributed by atoms with Gasteiger partial charge < -0.3 is 9.80 Å². The normalized spacial score (nSPS) is 21.7. The van der Waals surface area contributed by atoms with Crippen molar-refractivity contribution in [2.24, 2.45) is 0 Å². The Morgan fingerprint density at radius 1 is 1.07 bits per heavy atom. The number of fused-ring (bicyclic) bond motifs is 5. The van der Waals surface area contributed by atoms with E-state index in [4.69, 9.17) is 10.4 Å². The smallest absolute Gasteiger partial charge is 0.330 e. The fourth-order valence-electron chi connectivity index (χ4n) is 6.11. The second-order valence-corrected chi connectivity index (χ2v) is 11.9. The lowest BCUT2D eigenvalue weighted by Gasteiger charge is -2.34. The Hall–Kier alpha value is -4.66. The fraction of sp³-hybridized carbons (Fsp3) is 0.367. The molecule has 3 fully saturated rings. The lowest BCUT2D eigenvalue weighted by atomic mass is 9.92. The average molecular weight is 577 g/mol. The molecule has 42 heavy (non-hydrogen) atoms. The summed E-state index contributed by atoms with van der Waals surface area (Å²) < 4.78 is 42.5. The summed E-state index contributed by atoms with van der Waals surface area (Å²) in [5.41, 5.74) is -0.384. The maximum atomic E-state index is 14.0. The van der Waals surface area contributed by atoms with Crippen LogP contribution in [0.2, 0.25) is 0 Å². The zero-order valence-electron chi connectivity index (χ0n) is 23.1. The summed E-state index contributed by atoms with van der Waals surface area (Å²) in [5, 5.41) is 13.9. The van der Waals surface area contributed by atoms with Crippen LogP contribution in [0, 0.1) is 11.3 Å². The van der Waals surface area contributed by atoms with Crippen molar-refractivity contribution in [2.45, 2.75) is 63.5 Å². The average Bonchev–Trinajstić information content (AvgIpc) is 3.70.